The summed E-state index contributed by atoms with van der Waals surface area (Å²) in [7, 11) is 0. The minimum Gasteiger partial charge on any atom is -0.254 e. The Balaban J connectivity index is 1.06. The van der Waals surface area contributed by atoms with Crippen LogP contribution in [0, 0.1) is 11.6 Å². The number of halogens is 2. The first-order valence-corrected chi connectivity index (χ1v) is 18.6. The van der Waals surface area contributed by atoms with E-state index in [1.165, 1.54) is 24.3 Å². The number of pyridine rings is 4. The van der Waals surface area contributed by atoms with E-state index in [2.05, 4.69) is 9.97 Å². The molecule has 9 heteroatoms. The molecular weight excluding hydrogens is 725 g/mol. The van der Waals surface area contributed by atoms with Crippen LogP contribution in [0.2, 0.25) is 0 Å². The smallest absolute Gasteiger partial charge is 0.164 e. The first-order chi connectivity index (χ1) is 28.5. The van der Waals surface area contributed by atoms with Crippen molar-refractivity contribution in [3.63, 3.8) is 0 Å². The fourth-order valence-corrected chi connectivity index (χ4v) is 7.65. The van der Waals surface area contributed by atoms with E-state index in [9.17, 15) is 0 Å². The van der Waals surface area contributed by atoms with Gasteiger partial charge in [-0.2, -0.15) is 0 Å². The second-order valence-corrected chi connectivity index (χ2v) is 14.2. The van der Waals surface area contributed by atoms with E-state index in [4.69, 9.17) is 24.9 Å². The van der Waals surface area contributed by atoms with Gasteiger partial charge in [0, 0.05) is 74.1 Å². The van der Waals surface area contributed by atoms with Gasteiger partial charge in [0.2, 0.25) is 0 Å². The van der Waals surface area contributed by atoms with E-state index in [0.717, 1.165) is 71.1 Å². The SMILES string of the molecule is Fc1cc(-c2cnc3c(ccc4cccnc43)c2)cc(-c2nc(-c3cc(F)cc(-c4cnc5c(ccc6cccnc65)c4)c3)nc(-c3ccc4ccccc4c3)n2)c1. The van der Waals surface area contributed by atoms with Crippen LogP contribution < -0.4 is 0 Å². The summed E-state index contributed by atoms with van der Waals surface area (Å²) < 4.78 is 31.3. The van der Waals surface area contributed by atoms with Crippen molar-refractivity contribution in [1.29, 1.82) is 0 Å². The molecule has 0 saturated carbocycles. The van der Waals surface area contributed by atoms with Gasteiger partial charge in [0.1, 0.15) is 11.6 Å². The predicted molar refractivity (Wildman–Crippen MR) is 226 cm³/mol. The third-order valence-electron chi connectivity index (χ3n) is 10.5. The number of fused-ring (bicyclic) bond motifs is 7. The molecule has 0 saturated heterocycles. The average molecular weight is 752 g/mol. The summed E-state index contributed by atoms with van der Waals surface area (Å²) in [5.74, 6) is -0.115. The van der Waals surface area contributed by atoms with E-state index in [1.807, 2.05) is 115 Å². The number of hydrogen-bond acceptors (Lipinski definition) is 7. The third kappa shape index (κ3) is 5.93. The fraction of sp³-hybridized carbons (Fsp3) is 0. The second-order valence-electron chi connectivity index (χ2n) is 14.2. The Morgan fingerprint density at radius 2 is 0.707 bits per heavy atom. The van der Waals surface area contributed by atoms with Crippen LogP contribution >= 0.6 is 0 Å². The molecule has 0 spiro atoms. The second kappa shape index (κ2) is 13.4. The van der Waals surface area contributed by atoms with Gasteiger partial charge in [-0.25, -0.2) is 23.7 Å². The summed E-state index contributed by atoms with van der Waals surface area (Å²) in [5.41, 5.74) is 7.34. The Morgan fingerprint density at radius 3 is 1.26 bits per heavy atom. The molecule has 0 aliphatic carbocycles. The number of rotatable bonds is 5. The standard InChI is InChI=1S/C49H27F2N7/c50-41-22-35(39-18-32-12-10-29-7-3-15-52-43(29)45(32)54-26-39)20-37(24-41)48-56-47(34-14-9-28-5-1-2-6-31(28)17-34)57-49(58-48)38-21-36(23-42(51)25-38)40-19-33-13-11-30-8-4-16-53-44(30)46(33)55-27-40/h1-27H. The highest BCUT2D eigenvalue weighted by atomic mass is 19.1. The molecule has 11 rings (SSSR count). The average Bonchev–Trinajstić information content (AvgIpc) is 3.27. The fourth-order valence-electron chi connectivity index (χ4n) is 7.65. The molecular formula is C49H27F2N7. The highest BCUT2D eigenvalue weighted by Crippen LogP contribution is 2.34. The van der Waals surface area contributed by atoms with Gasteiger partial charge >= 0.3 is 0 Å². The summed E-state index contributed by atoms with van der Waals surface area (Å²) in [6.07, 6.45) is 6.94. The zero-order valence-electron chi connectivity index (χ0n) is 30.5. The summed E-state index contributed by atoms with van der Waals surface area (Å²) in [6.45, 7) is 0. The lowest BCUT2D eigenvalue weighted by atomic mass is 10.0. The Kier molecular flexibility index (Phi) is 7.72. The quantitative estimate of drug-likeness (QED) is 0.162. The highest BCUT2D eigenvalue weighted by molar-refractivity contribution is 6.04. The van der Waals surface area contributed by atoms with Gasteiger partial charge in [-0.3, -0.25) is 19.9 Å². The van der Waals surface area contributed by atoms with Crippen molar-refractivity contribution in [2.24, 2.45) is 0 Å². The zero-order chi connectivity index (χ0) is 38.7. The third-order valence-corrected chi connectivity index (χ3v) is 10.5. The van der Waals surface area contributed by atoms with E-state index in [0.29, 0.717) is 28.1 Å². The number of hydrogen-bond donors (Lipinski definition) is 0. The Hall–Kier alpha value is -7.91. The summed E-state index contributed by atoms with van der Waals surface area (Å²) >= 11 is 0. The molecule has 0 fully saturated rings. The molecule has 6 aromatic carbocycles. The van der Waals surface area contributed by atoms with Crippen molar-refractivity contribution in [3.8, 4) is 56.4 Å². The van der Waals surface area contributed by atoms with Crippen LogP contribution in [0.3, 0.4) is 0 Å². The molecule has 0 atom stereocenters. The molecule has 0 unspecified atom stereocenters. The number of aromatic nitrogens is 7. The Morgan fingerprint density at radius 1 is 0.293 bits per heavy atom. The predicted octanol–water partition coefficient (Wildman–Crippen LogP) is 11.8. The van der Waals surface area contributed by atoms with Gasteiger partial charge in [-0.15, -0.1) is 0 Å². The molecule has 0 amide bonds. The van der Waals surface area contributed by atoms with Crippen molar-refractivity contribution in [2.75, 3.05) is 0 Å². The normalized spacial score (nSPS) is 11.6. The van der Waals surface area contributed by atoms with Gasteiger partial charge in [-0.05, 0) is 88.6 Å². The van der Waals surface area contributed by atoms with E-state index in [1.54, 1.807) is 24.8 Å². The first-order valence-electron chi connectivity index (χ1n) is 18.6. The van der Waals surface area contributed by atoms with Crippen LogP contribution in [0.25, 0.3) is 111 Å². The molecule has 11 aromatic rings. The molecule has 0 aliphatic rings. The van der Waals surface area contributed by atoms with Gasteiger partial charge in [0.15, 0.2) is 17.5 Å². The minimum absolute atomic E-state index is 0.232. The molecule has 7 nitrogen and oxygen atoms in total. The largest absolute Gasteiger partial charge is 0.254 e. The first kappa shape index (κ1) is 33.4. The molecule has 58 heavy (non-hydrogen) atoms. The van der Waals surface area contributed by atoms with Crippen LogP contribution in [0.5, 0.6) is 0 Å². The Bertz CT molecular complexity index is 3270. The van der Waals surface area contributed by atoms with Crippen molar-refractivity contribution in [1.82, 2.24) is 34.9 Å². The summed E-state index contributed by atoms with van der Waals surface area (Å²) in [4.78, 5) is 33.3. The number of benzene rings is 6. The van der Waals surface area contributed by atoms with E-state index >= 15 is 8.78 Å². The van der Waals surface area contributed by atoms with Crippen LogP contribution in [0.15, 0.2) is 164 Å². The molecule has 0 radical (unpaired) electrons. The molecule has 0 aliphatic heterocycles. The monoisotopic (exact) mass is 751 g/mol. The summed E-state index contributed by atoms with van der Waals surface area (Å²) in [5, 5.41) is 5.80. The maximum absolute atomic E-state index is 15.7. The van der Waals surface area contributed by atoms with E-state index in [-0.39, 0.29) is 11.6 Å². The van der Waals surface area contributed by atoms with E-state index < -0.39 is 11.6 Å². The number of nitrogens with zero attached hydrogens (tertiary/aromatic N) is 7. The van der Waals surface area contributed by atoms with Gasteiger partial charge in [-0.1, -0.05) is 72.8 Å². The lowest BCUT2D eigenvalue weighted by molar-refractivity contribution is 0.628. The van der Waals surface area contributed by atoms with Crippen molar-refractivity contribution in [2.45, 2.75) is 0 Å². The molecule has 0 bridgehead atoms. The van der Waals surface area contributed by atoms with Crippen molar-refractivity contribution in [3.05, 3.63) is 176 Å². The van der Waals surface area contributed by atoms with Crippen LogP contribution in [0.1, 0.15) is 0 Å². The maximum atomic E-state index is 15.7. The molecule has 5 heterocycles. The van der Waals surface area contributed by atoms with Crippen molar-refractivity contribution >= 4 is 54.4 Å². The van der Waals surface area contributed by atoms with Gasteiger partial charge < -0.3 is 0 Å². The molecule has 5 aromatic heterocycles. The van der Waals surface area contributed by atoms with Crippen LogP contribution in [0.4, 0.5) is 8.78 Å². The summed E-state index contributed by atoms with van der Waals surface area (Å²) in [6, 6.07) is 43.1. The highest BCUT2D eigenvalue weighted by Gasteiger charge is 2.17. The van der Waals surface area contributed by atoms with Crippen molar-refractivity contribution < 1.29 is 8.78 Å². The zero-order valence-corrected chi connectivity index (χ0v) is 30.5. The topological polar surface area (TPSA) is 90.2 Å². The minimum atomic E-state index is -0.471. The van der Waals surface area contributed by atoms with Crippen LogP contribution in [-0.4, -0.2) is 34.9 Å². The van der Waals surface area contributed by atoms with Gasteiger partial charge in [0.25, 0.3) is 0 Å². The maximum Gasteiger partial charge on any atom is 0.164 e. The molecule has 272 valence electrons. The Labute approximate surface area is 329 Å². The lowest BCUT2D eigenvalue weighted by Crippen LogP contribution is -2.01. The lowest BCUT2D eigenvalue weighted by Gasteiger charge is -2.12. The molecule has 0 N–H and O–H groups in total. The van der Waals surface area contributed by atoms with Gasteiger partial charge in [0.05, 0.1) is 22.1 Å². The van der Waals surface area contributed by atoms with Crippen LogP contribution in [-0.2, 0) is 0 Å².